The van der Waals surface area contributed by atoms with E-state index in [-0.39, 0.29) is 11.5 Å². The first-order chi connectivity index (χ1) is 13.0. The average Bonchev–Trinajstić information content (AvgIpc) is 3.25. The molecule has 0 radical (unpaired) electrons. The molecule has 4 aromatic rings. The summed E-state index contributed by atoms with van der Waals surface area (Å²) in [5.41, 5.74) is 3.22. The molecule has 2 N–H and O–H groups in total. The highest BCUT2D eigenvalue weighted by Crippen LogP contribution is 2.37. The van der Waals surface area contributed by atoms with Crippen molar-refractivity contribution < 1.29 is 10.2 Å². The van der Waals surface area contributed by atoms with Crippen LogP contribution in [-0.2, 0) is 13.0 Å². The maximum Gasteiger partial charge on any atom is 0.193 e. The van der Waals surface area contributed by atoms with E-state index in [1.54, 1.807) is 6.07 Å². The fraction of sp³-hybridized carbons (Fsp3) is 0.200. The summed E-state index contributed by atoms with van der Waals surface area (Å²) in [7, 11) is 0. The molecule has 0 aliphatic carbocycles. The summed E-state index contributed by atoms with van der Waals surface area (Å²) in [4.78, 5) is 0. The first-order valence-corrected chi connectivity index (χ1v) is 9.27. The van der Waals surface area contributed by atoms with Gasteiger partial charge >= 0.3 is 0 Å². The van der Waals surface area contributed by atoms with Gasteiger partial charge in [-0.3, -0.25) is 4.57 Å². The predicted octanol–water partition coefficient (Wildman–Crippen LogP) is 4.17. The van der Waals surface area contributed by atoms with Crippen LogP contribution in [0.3, 0.4) is 0 Å². The Bertz CT molecular complexity index is 1150. The van der Waals surface area contributed by atoms with Crippen molar-refractivity contribution in [3.8, 4) is 28.6 Å². The molecule has 0 fully saturated rings. The quantitative estimate of drug-likeness (QED) is 0.465. The van der Waals surface area contributed by atoms with E-state index in [4.69, 9.17) is 0 Å². The van der Waals surface area contributed by atoms with Crippen molar-refractivity contribution in [3.63, 3.8) is 0 Å². The Morgan fingerprint density at radius 3 is 2.59 bits per heavy atom. The van der Waals surface area contributed by atoms with Gasteiger partial charge in [-0.05, 0) is 43.2 Å². The SMILES string of the molecule is CCc1cc(-c2nnc(S)n2-c2cccc3c2ccn3CC)c(O)cc1O. The summed E-state index contributed by atoms with van der Waals surface area (Å²) in [6, 6.07) is 11.2. The van der Waals surface area contributed by atoms with Crippen LogP contribution in [-0.4, -0.2) is 29.5 Å². The highest BCUT2D eigenvalue weighted by atomic mass is 32.1. The van der Waals surface area contributed by atoms with Gasteiger partial charge in [0.1, 0.15) is 11.5 Å². The molecule has 7 heteroatoms. The highest BCUT2D eigenvalue weighted by Gasteiger charge is 2.20. The monoisotopic (exact) mass is 380 g/mol. The zero-order valence-corrected chi connectivity index (χ0v) is 16.0. The second kappa shape index (κ2) is 6.66. The number of hydrogen-bond acceptors (Lipinski definition) is 5. The average molecular weight is 380 g/mol. The number of rotatable bonds is 4. The van der Waals surface area contributed by atoms with Crippen molar-refractivity contribution >= 4 is 23.5 Å². The lowest BCUT2D eigenvalue weighted by molar-refractivity contribution is 0.447. The van der Waals surface area contributed by atoms with Crippen molar-refractivity contribution in [3.05, 3.63) is 48.2 Å². The number of nitrogens with zero attached hydrogens (tertiary/aromatic N) is 4. The van der Waals surface area contributed by atoms with Crippen LogP contribution in [0, 0.1) is 0 Å². The lowest BCUT2D eigenvalue weighted by Crippen LogP contribution is -2.00. The number of aryl methyl sites for hydroxylation is 2. The largest absolute Gasteiger partial charge is 0.508 e. The maximum absolute atomic E-state index is 10.4. The molecule has 0 spiro atoms. The Morgan fingerprint density at radius 1 is 1.04 bits per heavy atom. The number of hydrogen-bond donors (Lipinski definition) is 3. The molecule has 27 heavy (non-hydrogen) atoms. The van der Waals surface area contributed by atoms with Gasteiger partial charge in [0.2, 0.25) is 0 Å². The molecule has 0 bridgehead atoms. The van der Waals surface area contributed by atoms with Crippen LogP contribution in [0.25, 0.3) is 28.0 Å². The molecule has 4 rings (SSSR count). The van der Waals surface area contributed by atoms with Gasteiger partial charge in [0.15, 0.2) is 11.0 Å². The first-order valence-electron chi connectivity index (χ1n) is 8.83. The Balaban J connectivity index is 1.99. The van der Waals surface area contributed by atoms with Gasteiger partial charge in [0.25, 0.3) is 0 Å². The highest BCUT2D eigenvalue weighted by molar-refractivity contribution is 7.80. The van der Waals surface area contributed by atoms with Gasteiger partial charge in [-0.2, -0.15) is 0 Å². The van der Waals surface area contributed by atoms with Crippen molar-refractivity contribution in [2.75, 3.05) is 0 Å². The standard InChI is InChI=1S/C20H20N4O2S/c1-3-12-10-14(18(26)11-17(12)25)19-21-22-20(27)24(19)16-7-5-6-15-13(16)8-9-23(15)4-2/h5-11,25-26H,3-4H2,1-2H3,(H,22,27). The molecule has 2 aromatic carbocycles. The van der Waals surface area contributed by atoms with Crippen LogP contribution < -0.4 is 0 Å². The van der Waals surface area contributed by atoms with E-state index in [0.29, 0.717) is 23.0 Å². The fourth-order valence-corrected chi connectivity index (χ4v) is 3.68. The van der Waals surface area contributed by atoms with E-state index in [1.807, 2.05) is 29.8 Å². The van der Waals surface area contributed by atoms with E-state index >= 15 is 0 Å². The van der Waals surface area contributed by atoms with Gasteiger partial charge in [0.05, 0.1) is 16.8 Å². The fourth-order valence-electron chi connectivity index (χ4n) is 3.43. The molecule has 138 valence electrons. The van der Waals surface area contributed by atoms with Gasteiger partial charge < -0.3 is 14.8 Å². The van der Waals surface area contributed by atoms with Crippen LogP contribution in [0.5, 0.6) is 11.5 Å². The Labute approximate surface area is 162 Å². The van der Waals surface area contributed by atoms with Crippen LogP contribution in [0.2, 0.25) is 0 Å². The second-order valence-corrected chi connectivity index (χ2v) is 6.72. The third-order valence-corrected chi connectivity index (χ3v) is 5.13. The molecule has 6 nitrogen and oxygen atoms in total. The molecule has 0 atom stereocenters. The van der Waals surface area contributed by atoms with Gasteiger partial charge in [-0.25, -0.2) is 0 Å². The van der Waals surface area contributed by atoms with Crippen molar-refractivity contribution in [1.82, 2.24) is 19.3 Å². The van der Waals surface area contributed by atoms with E-state index in [2.05, 4.69) is 46.4 Å². The molecule has 2 heterocycles. The maximum atomic E-state index is 10.4. The number of fused-ring (bicyclic) bond motifs is 1. The van der Waals surface area contributed by atoms with Crippen molar-refractivity contribution in [2.24, 2.45) is 0 Å². The predicted molar refractivity (Wildman–Crippen MR) is 108 cm³/mol. The molecule has 0 saturated heterocycles. The molecule has 0 unspecified atom stereocenters. The van der Waals surface area contributed by atoms with Crippen LogP contribution in [0.4, 0.5) is 0 Å². The minimum atomic E-state index is -0.0509. The molecule has 0 amide bonds. The van der Waals surface area contributed by atoms with Crippen molar-refractivity contribution in [2.45, 2.75) is 32.0 Å². The smallest absolute Gasteiger partial charge is 0.193 e. The Kier molecular flexibility index (Phi) is 4.31. The van der Waals surface area contributed by atoms with E-state index in [9.17, 15) is 10.2 Å². The first kappa shape index (κ1) is 17.5. The topological polar surface area (TPSA) is 76.1 Å². The molecular formula is C20H20N4O2S. The van der Waals surface area contributed by atoms with E-state index in [0.717, 1.165) is 28.7 Å². The summed E-state index contributed by atoms with van der Waals surface area (Å²) < 4.78 is 3.98. The Hall–Kier alpha value is -2.93. The number of aromatic hydroxyl groups is 2. The van der Waals surface area contributed by atoms with E-state index in [1.165, 1.54) is 6.07 Å². The number of phenolic OH excluding ortho intramolecular Hbond substituents is 2. The van der Waals surface area contributed by atoms with Crippen molar-refractivity contribution in [1.29, 1.82) is 0 Å². The zero-order chi connectivity index (χ0) is 19.1. The summed E-state index contributed by atoms with van der Waals surface area (Å²) in [6.45, 7) is 4.91. The molecule has 0 aliphatic rings. The lowest BCUT2D eigenvalue weighted by Gasteiger charge is -2.13. The minimum Gasteiger partial charge on any atom is -0.508 e. The van der Waals surface area contributed by atoms with Gasteiger partial charge in [0, 0.05) is 24.2 Å². The van der Waals surface area contributed by atoms with Gasteiger partial charge in [-0.1, -0.05) is 13.0 Å². The van der Waals surface area contributed by atoms with Crippen LogP contribution in [0.1, 0.15) is 19.4 Å². The third-order valence-electron chi connectivity index (χ3n) is 4.84. The summed E-state index contributed by atoms with van der Waals surface area (Å²) in [5.74, 6) is 0.493. The minimum absolute atomic E-state index is 0.0509. The normalized spacial score (nSPS) is 11.4. The molecule has 0 saturated carbocycles. The van der Waals surface area contributed by atoms with Gasteiger partial charge in [-0.15, -0.1) is 22.8 Å². The number of benzene rings is 2. The zero-order valence-electron chi connectivity index (χ0n) is 15.1. The van der Waals surface area contributed by atoms with E-state index < -0.39 is 0 Å². The number of phenols is 2. The third kappa shape index (κ3) is 2.75. The summed E-state index contributed by atoms with van der Waals surface area (Å²) >= 11 is 4.49. The van der Waals surface area contributed by atoms with Crippen LogP contribution >= 0.6 is 12.6 Å². The molecular weight excluding hydrogens is 360 g/mol. The lowest BCUT2D eigenvalue weighted by atomic mass is 10.1. The summed E-state index contributed by atoms with van der Waals surface area (Å²) in [5, 5.41) is 30.3. The Morgan fingerprint density at radius 2 is 1.85 bits per heavy atom. The molecule has 2 aromatic heterocycles. The van der Waals surface area contributed by atoms with Crippen LogP contribution in [0.15, 0.2) is 47.8 Å². The summed E-state index contributed by atoms with van der Waals surface area (Å²) in [6.07, 6.45) is 2.68. The number of aromatic nitrogens is 4. The second-order valence-electron chi connectivity index (χ2n) is 6.32. The molecule has 0 aliphatic heterocycles. The number of thiol groups is 1.